The third-order valence-electron chi connectivity index (χ3n) is 3.01. The van der Waals surface area contributed by atoms with Crippen LogP contribution in [0.15, 0.2) is 30.5 Å². The summed E-state index contributed by atoms with van der Waals surface area (Å²) < 4.78 is 0. The van der Waals surface area contributed by atoms with Crippen molar-refractivity contribution in [2.45, 2.75) is 20.4 Å². The number of nitrogens with one attached hydrogen (secondary N) is 1. The highest BCUT2D eigenvalue weighted by atomic mass is 35.5. The Bertz CT molecular complexity index is 557. The average Bonchev–Trinajstić information content (AvgIpc) is 2.48. The molecule has 0 atom stereocenters. The largest absolute Gasteiger partial charge is 0.364 e. The highest BCUT2D eigenvalue weighted by molar-refractivity contribution is 6.31. The van der Waals surface area contributed by atoms with Crippen LogP contribution in [-0.2, 0) is 6.54 Å². The van der Waals surface area contributed by atoms with Gasteiger partial charge in [-0.1, -0.05) is 29.8 Å². The Kier molecular flexibility index (Phi) is 5.12. The molecule has 0 saturated carbocycles. The highest BCUT2D eigenvalue weighted by Gasteiger charge is 2.07. The second kappa shape index (κ2) is 7.05. The average molecular weight is 292 g/mol. The van der Waals surface area contributed by atoms with E-state index >= 15 is 0 Å². The SMILES string of the molecule is CCN(CC)c1nncc(NCc2ccccc2Cl)n1. The summed E-state index contributed by atoms with van der Waals surface area (Å²) in [4.78, 5) is 6.51. The molecule has 0 aliphatic heterocycles. The maximum Gasteiger partial charge on any atom is 0.247 e. The Labute approximate surface area is 124 Å². The molecule has 1 heterocycles. The minimum Gasteiger partial charge on any atom is -0.364 e. The number of hydrogen-bond acceptors (Lipinski definition) is 5. The summed E-state index contributed by atoms with van der Waals surface area (Å²) in [6.07, 6.45) is 1.61. The van der Waals surface area contributed by atoms with E-state index in [-0.39, 0.29) is 0 Å². The maximum atomic E-state index is 6.12. The number of benzene rings is 1. The first kappa shape index (κ1) is 14.5. The van der Waals surface area contributed by atoms with E-state index in [9.17, 15) is 0 Å². The van der Waals surface area contributed by atoms with Crippen molar-refractivity contribution in [3.05, 3.63) is 41.0 Å². The van der Waals surface area contributed by atoms with Gasteiger partial charge in [-0.3, -0.25) is 0 Å². The number of anilines is 2. The molecule has 2 rings (SSSR count). The fraction of sp³-hybridized carbons (Fsp3) is 0.357. The monoisotopic (exact) mass is 291 g/mol. The van der Waals surface area contributed by atoms with Crippen LogP contribution >= 0.6 is 11.6 Å². The van der Waals surface area contributed by atoms with Gasteiger partial charge in [0, 0.05) is 24.7 Å². The second-order valence-corrected chi connectivity index (χ2v) is 4.67. The molecule has 0 unspecified atom stereocenters. The Balaban J connectivity index is 2.07. The summed E-state index contributed by atoms with van der Waals surface area (Å²) in [5.74, 6) is 1.33. The van der Waals surface area contributed by atoms with Gasteiger partial charge in [-0.25, -0.2) is 0 Å². The lowest BCUT2D eigenvalue weighted by Crippen LogP contribution is -2.24. The Hall–Kier alpha value is -1.88. The summed E-state index contributed by atoms with van der Waals surface area (Å²) in [5, 5.41) is 12.0. The van der Waals surface area contributed by atoms with Gasteiger partial charge in [0.05, 0.1) is 6.20 Å². The fourth-order valence-electron chi connectivity index (χ4n) is 1.85. The zero-order valence-electron chi connectivity index (χ0n) is 11.7. The molecule has 0 saturated heterocycles. The van der Waals surface area contributed by atoms with Crippen molar-refractivity contribution in [3.63, 3.8) is 0 Å². The summed E-state index contributed by atoms with van der Waals surface area (Å²) in [5.41, 5.74) is 1.03. The van der Waals surface area contributed by atoms with Gasteiger partial charge < -0.3 is 10.2 Å². The second-order valence-electron chi connectivity index (χ2n) is 4.26. The molecule has 0 bridgehead atoms. The third-order valence-corrected chi connectivity index (χ3v) is 3.38. The van der Waals surface area contributed by atoms with Crippen LogP contribution in [0.4, 0.5) is 11.8 Å². The number of aromatic nitrogens is 3. The normalized spacial score (nSPS) is 10.3. The molecule has 0 amide bonds. The Morgan fingerprint density at radius 2 is 1.95 bits per heavy atom. The van der Waals surface area contributed by atoms with Crippen molar-refractivity contribution in [2.24, 2.45) is 0 Å². The van der Waals surface area contributed by atoms with E-state index in [1.807, 2.05) is 29.2 Å². The van der Waals surface area contributed by atoms with Crippen LogP contribution in [-0.4, -0.2) is 28.3 Å². The molecule has 5 nitrogen and oxygen atoms in total. The predicted octanol–water partition coefficient (Wildman–Crippen LogP) is 2.98. The smallest absolute Gasteiger partial charge is 0.247 e. The van der Waals surface area contributed by atoms with Crippen molar-refractivity contribution < 1.29 is 0 Å². The molecule has 106 valence electrons. The van der Waals surface area contributed by atoms with E-state index in [4.69, 9.17) is 11.6 Å². The highest BCUT2D eigenvalue weighted by Crippen LogP contribution is 2.16. The van der Waals surface area contributed by atoms with Crippen molar-refractivity contribution in [1.29, 1.82) is 0 Å². The lowest BCUT2D eigenvalue weighted by atomic mass is 10.2. The summed E-state index contributed by atoms with van der Waals surface area (Å²) >= 11 is 6.12. The van der Waals surface area contributed by atoms with Crippen LogP contribution in [0, 0.1) is 0 Å². The molecular formula is C14H18ClN5. The minimum atomic E-state index is 0.607. The van der Waals surface area contributed by atoms with Crippen molar-refractivity contribution in [3.8, 4) is 0 Å². The molecule has 1 N–H and O–H groups in total. The molecule has 20 heavy (non-hydrogen) atoms. The zero-order valence-corrected chi connectivity index (χ0v) is 12.4. The van der Waals surface area contributed by atoms with Crippen LogP contribution in [0.5, 0.6) is 0 Å². The van der Waals surface area contributed by atoms with E-state index in [1.54, 1.807) is 6.20 Å². The summed E-state index contributed by atoms with van der Waals surface area (Å²) in [6, 6.07) is 7.73. The van der Waals surface area contributed by atoms with Crippen molar-refractivity contribution >= 4 is 23.4 Å². The van der Waals surface area contributed by atoms with E-state index in [2.05, 4.69) is 34.3 Å². The van der Waals surface area contributed by atoms with Crippen LogP contribution in [0.25, 0.3) is 0 Å². The van der Waals surface area contributed by atoms with E-state index in [0.717, 1.165) is 23.7 Å². The Morgan fingerprint density at radius 1 is 1.20 bits per heavy atom. The standard InChI is InChI=1S/C14H18ClN5/c1-3-20(4-2)14-18-13(10-17-19-14)16-9-11-7-5-6-8-12(11)15/h5-8,10H,3-4,9H2,1-2H3,(H,16,18,19). The van der Waals surface area contributed by atoms with Gasteiger partial charge in [-0.2, -0.15) is 10.1 Å². The van der Waals surface area contributed by atoms with E-state index in [1.165, 1.54) is 0 Å². The lowest BCUT2D eigenvalue weighted by Gasteiger charge is -2.18. The molecule has 0 spiro atoms. The number of rotatable bonds is 6. The first-order valence-electron chi connectivity index (χ1n) is 6.66. The summed E-state index contributed by atoms with van der Waals surface area (Å²) in [6.45, 7) is 6.45. The van der Waals surface area contributed by atoms with Crippen LogP contribution in [0.3, 0.4) is 0 Å². The van der Waals surface area contributed by atoms with Gasteiger partial charge >= 0.3 is 0 Å². The van der Waals surface area contributed by atoms with Crippen molar-refractivity contribution in [2.75, 3.05) is 23.3 Å². The third kappa shape index (κ3) is 3.57. The minimum absolute atomic E-state index is 0.607. The van der Waals surface area contributed by atoms with E-state index < -0.39 is 0 Å². The van der Waals surface area contributed by atoms with Gasteiger partial charge in [-0.05, 0) is 25.5 Å². The number of nitrogens with zero attached hydrogens (tertiary/aromatic N) is 4. The molecule has 1 aromatic heterocycles. The van der Waals surface area contributed by atoms with Gasteiger partial charge in [0.1, 0.15) is 0 Å². The zero-order chi connectivity index (χ0) is 14.4. The van der Waals surface area contributed by atoms with Gasteiger partial charge in [0.15, 0.2) is 5.82 Å². The molecule has 0 radical (unpaired) electrons. The molecule has 1 aromatic carbocycles. The molecule has 2 aromatic rings. The lowest BCUT2D eigenvalue weighted by molar-refractivity contribution is 0.794. The Morgan fingerprint density at radius 3 is 2.65 bits per heavy atom. The maximum absolute atomic E-state index is 6.12. The number of halogens is 1. The van der Waals surface area contributed by atoms with E-state index in [0.29, 0.717) is 18.3 Å². The molecule has 6 heteroatoms. The van der Waals surface area contributed by atoms with Crippen LogP contribution in [0.2, 0.25) is 5.02 Å². The fourth-order valence-corrected chi connectivity index (χ4v) is 2.05. The van der Waals surface area contributed by atoms with Gasteiger partial charge in [-0.15, -0.1) is 5.10 Å². The topological polar surface area (TPSA) is 53.9 Å². The molecule has 0 fully saturated rings. The first-order chi connectivity index (χ1) is 9.74. The predicted molar refractivity (Wildman–Crippen MR) is 82.2 cm³/mol. The van der Waals surface area contributed by atoms with Crippen LogP contribution < -0.4 is 10.2 Å². The molecular weight excluding hydrogens is 274 g/mol. The number of hydrogen-bond donors (Lipinski definition) is 1. The summed E-state index contributed by atoms with van der Waals surface area (Å²) in [7, 11) is 0. The molecule has 0 aliphatic rings. The van der Waals surface area contributed by atoms with Crippen LogP contribution in [0.1, 0.15) is 19.4 Å². The van der Waals surface area contributed by atoms with Gasteiger partial charge in [0.25, 0.3) is 0 Å². The van der Waals surface area contributed by atoms with Crippen molar-refractivity contribution in [1.82, 2.24) is 15.2 Å². The van der Waals surface area contributed by atoms with Gasteiger partial charge in [0.2, 0.25) is 5.95 Å². The first-order valence-corrected chi connectivity index (χ1v) is 7.04. The quantitative estimate of drug-likeness (QED) is 0.887. The molecule has 0 aliphatic carbocycles.